The normalized spacial score (nSPS) is 10.5. The van der Waals surface area contributed by atoms with Crippen LogP contribution in [0.5, 0.6) is 0 Å². The molecule has 2 N–H and O–H groups in total. The lowest BCUT2D eigenvalue weighted by Crippen LogP contribution is -1.96. The molecular weight excluding hydrogens is 210 g/mol. The van der Waals surface area contributed by atoms with Crippen LogP contribution >= 0.6 is 11.8 Å². The molecule has 0 fully saturated rings. The van der Waals surface area contributed by atoms with E-state index in [0.29, 0.717) is 5.69 Å². The highest BCUT2D eigenvalue weighted by atomic mass is 32.2. The summed E-state index contributed by atoms with van der Waals surface area (Å²) in [5, 5.41) is 5.67. The maximum absolute atomic E-state index is 5.69. The number of pyridine rings is 1. The fourth-order valence-electron chi connectivity index (χ4n) is 1.08. The fourth-order valence-corrected chi connectivity index (χ4v) is 1.86. The highest BCUT2D eigenvalue weighted by Crippen LogP contribution is 2.24. The Morgan fingerprint density at radius 3 is 2.80 bits per heavy atom. The molecule has 2 rings (SSSR count). The summed E-state index contributed by atoms with van der Waals surface area (Å²) < 4.78 is 1.71. The van der Waals surface area contributed by atoms with Crippen molar-refractivity contribution in [2.45, 2.75) is 17.1 Å². The molecule has 0 radical (unpaired) electrons. The molecule has 0 unspecified atom stereocenters. The van der Waals surface area contributed by atoms with Crippen LogP contribution in [0.25, 0.3) is 0 Å². The van der Waals surface area contributed by atoms with Crippen LogP contribution in [0.3, 0.4) is 0 Å². The Balaban J connectivity index is 2.25. The number of aromatic nitrogens is 4. The zero-order valence-corrected chi connectivity index (χ0v) is 9.32. The summed E-state index contributed by atoms with van der Waals surface area (Å²) in [6.07, 6.45) is 1.52. The third kappa shape index (κ3) is 2.10. The molecule has 15 heavy (non-hydrogen) atoms. The largest absolute Gasteiger partial charge is 0.397 e. The fraction of sp³-hybridized carbons (Fsp3) is 0.222. The topological polar surface area (TPSA) is 69.6 Å². The lowest BCUT2D eigenvalue weighted by atomic mass is 10.3. The van der Waals surface area contributed by atoms with E-state index >= 15 is 0 Å². The standard InChI is InChI=1S/C9H11N5S/c1-6-7(10)3-4-8(13-6)15-9-11-5-12-14(9)2/h3-5H,10H2,1-2H3. The Bertz CT molecular complexity index is 479. The molecule has 2 aromatic rings. The maximum Gasteiger partial charge on any atom is 0.192 e. The van der Waals surface area contributed by atoms with Gasteiger partial charge < -0.3 is 5.73 Å². The monoisotopic (exact) mass is 221 g/mol. The number of aryl methyl sites for hydroxylation is 2. The van der Waals surface area contributed by atoms with E-state index in [2.05, 4.69) is 15.1 Å². The molecule has 0 amide bonds. The molecule has 0 spiro atoms. The Hall–Kier alpha value is -1.56. The van der Waals surface area contributed by atoms with Crippen LogP contribution in [0.4, 0.5) is 5.69 Å². The Morgan fingerprint density at radius 2 is 2.20 bits per heavy atom. The molecule has 0 atom stereocenters. The Morgan fingerprint density at radius 1 is 1.40 bits per heavy atom. The van der Waals surface area contributed by atoms with Gasteiger partial charge in [-0.1, -0.05) is 0 Å². The van der Waals surface area contributed by atoms with Crippen molar-refractivity contribution in [3.8, 4) is 0 Å². The molecule has 2 aromatic heterocycles. The summed E-state index contributed by atoms with van der Waals surface area (Å²) in [5.74, 6) is 0. The zero-order valence-electron chi connectivity index (χ0n) is 8.51. The first-order chi connectivity index (χ1) is 7.16. The average molecular weight is 221 g/mol. The van der Waals surface area contributed by atoms with Gasteiger partial charge in [-0.2, -0.15) is 5.10 Å². The summed E-state index contributed by atoms with van der Waals surface area (Å²) in [7, 11) is 1.85. The predicted molar refractivity (Wildman–Crippen MR) is 58.5 cm³/mol. The van der Waals surface area contributed by atoms with Gasteiger partial charge in [-0.3, -0.25) is 0 Å². The van der Waals surface area contributed by atoms with Crippen LogP contribution in [-0.4, -0.2) is 19.7 Å². The molecule has 0 bridgehead atoms. The third-order valence-electron chi connectivity index (χ3n) is 1.97. The number of hydrogen-bond donors (Lipinski definition) is 1. The van der Waals surface area contributed by atoms with Gasteiger partial charge in [0.15, 0.2) is 5.16 Å². The van der Waals surface area contributed by atoms with Crippen LogP contribution < -0.4 is 5.73 Å². The van der Waals surface area contributed by atoms with Crippen molar-refractivity contribution in [1.29, 1.82) is 0 Å². The first-order valence-corrected chi connectivity index (χ1v) is 5.23. The van der Waals surface area contributed by atoms with Gasteiger partial charge in [0.1, 0.15) is 11.4 Å². The van der Waals surface area contributed by atoms with E-state index < -0.39 is 0 Å². The van der Waals surface area contributed by atoms with E-state index in [1.54, 1.807) is 4.68 Å². The summed E-state index contributed by atoms with van der Waals surface area (Å²) in [6.45, 7) is 1.88. The van der Waals surface area contributed by atoms with E-state index in [4.69, 9.17) is 5.73 Å². The molecule has 0 aliphatic carbocycles. The van der Waals surface area contributed by atoms with Crippen molar-refractivity contribution in [2.24, 2.45) is 7.05 Å². The van der Waals surface area contributed by atoms with E-state index in [0.717, 1.165) is 15.9 Å². The molecule has 0 aliphatic rings. The van der Waals surface area contributed by atoms with E-state index in [-0.39, 0.29) is 0 Å². The summed E-state index contributed by atoms with van der Waals surface area (Å²) >= 11 is 1.47. The quantitative estimate of drug-likeness (QED) is 0.826. The molecule has 2 heterocycles. The van der Waals surface area contributed by atoms with Gasteiger partial charge >= 0.3 is 0 Å². The zero-order chi connectivity index (χ0) is 10.8. The molecule has 0 aromatic carbocycles. The minimum Gasteiger partial charge on any atom is -0.397 e. The minimum atomic E-state index is 0.706. The molecule has 78 valence electrons. The first-order valence-electron chi connectivity index (χ1n) is 4.42. The SMILES string of the molecule is Cc1nc(Sc2ncnn2C)ccc1N. The summed E-state index contributed by atoms with van der Waals surface area (Å²) in [4.78, 5) is 8.45. The molecular formula is C9H11N5S. The highest BCUT2D eigenvalue weighted by Gasteiger charge is 2.05. The molecule has 0 saturated carbocycles. The van der Waals surface area contributed by atoms with Crippen molar-refractivity contribution in [3.05, 3.63) is 24.2 Å². The minimum absolute atomic E-state index is 0.706. The Labute approximate surface area is 91.7 Å². The number of nitrogens with zero attached hydrogens (tertiary/aromatic N) is 4. The van der Waals surface area contributed by atoms with Gasteiger partial charge in [-0.15, -0.1) is 0 Å². The highest BCUT2D eigenvalue weighted by molar-refractivity contribution is 7.99. The van der Waals surface area contributed by atoms with E-state index in [1.165, 1.54) is 18.1 Å². The molecule has 5 nitrogen and oxygen atoms in total. The number of nitrogens with two attached hydrogens (primary N) is 1. The third-order valence-corrected chi connectivity index (χ3v) is 2.96. The van der Waals surface area contributed by atoms with Gasteiger partial charge in [0, 0.05) is 7.05 Å². The molecule has 0 aliphatic heterocycles. The van der Waals surface area contributed by atoms with Crippen LogP contribution in [0.1, 0.15) is 5.69 Å². The molecule has 0 saturated heterocycles. The maximum atomic E-state index is 5.69. The number of nitrogen functional groups attached to an aromatic ring is 1. The van der Waals surface area contributed by atoms with Gasteiger partial charge in [-0.25, -0.2) is 14.6 Å². The van der Waals surface area contributed by atoms with E-state index in [9.17, 15) is 0 Å². The van der Waals surface area contributed by atoms with Crippen molar-refractivity contribution in [3.63, 3.8) is 0 Å². The lowest BCUT2D eigenvalue weighted by molar-refractivity contribution is 0.684. The van der Waals surface area contributed by atoms with Crippen molar-refractivity contribution >= 4 is 17.4 Å². The van der Waals surface area contributed by atoms with Gasteiger partial charge in [0.05, 0.1) is 11.4 Å². The number of rotatable bonds is 2. The second-order valence-electron chi connectivity index (χ2n) is 3.09. The van der Waals surface area contributed by atoms with Crippen LogP contribution in [0.2, 0.25) is 0 Å². The smallest absolute Gasteiger partial charge is 0.192 e. The average Bonchev–Trinajstić information content (AvgIpc) is 2.59. The second-order valence-corrected chi connectivity index (χ2v) is 4.08. The second kappa shape index (κ2) is 3.90. The lowest BCUT2D eigenvalue weighted by Gasteiger charge is -2.02. The van der Waals surface area contributed by atoms with Crippen molar-refractivity contribution < 1.29 is 0 Å². The predicted octanol–water partition coefficient (Wildman–Crippen LogP) is 1.25. The molecule has 6 heteroatoms. The van der Waals surface area contributed by atoms with Crippen molar-refractivity contribution in [2.75, 3.05) is 5.73 Å². The van der Waals surface area contributed by atoms with E-state index in [1.807, 2.05) is 26.1 Å². The van der Waals surface area contributed by atoms with Gasteiger partial charge in [-0.05, 0) is 30.8 Å². The number of anilines is 1. The summed E-state index contributed by atoms with van der Waals surface area (Å²) in [5.41, 5.74) is 7.23. The van der Waals surface area contributed by atoms with Crippen LogP contribution in [0.15, 0.2) is 28.6 Å². The summed E-state index contributed by atoms with van der Waals surface area (Å²) in [6, 6.07) is 3.72. The van der Waals surface area contributed by atoms with Crippen LogP contribution in [-0.2, 0) is 7.05 Å². The van der Waals surface area contributed by atoms with Gasteiger partial charge in [0.2, 0.25) is 0 Å². The first kappa shape index (κ1) is 9.97. The van der Waals surface area contributed by atoms with Crippen LogP contribution in [0, 0.1) is 6.92 Å². The van der Waals surface area contributed by atoms with Crippen molar-refractivity contribution in [1.82, 2.24) is 19.7 Å². The number of hydrogen-bond acceptors (Lipinski definition) is 5. The Kier molecular flexibility index (Phi) is 2.59. The van der Waals surface area contributed by atoms with Gasteiger partial charge in [0.25, 0.3) is 0 Å².